The molecule has 0 bridgehead atoms. The summed E-state index contributed by atoms with van der Waals surface area (Å²) in [6.07, 6.45) is -0.721. The van der Waals surface area contributed by atoms with Crippen molar-refractivity contribution in [3.63, 3.8) is 0 Å². The highest BCUT2D eigenvalue weighted by Gasteiger charge is 2.34. The fraction of sp³-hybridized carbons (Fsp3) is 0.136. The lowest BCUT2D eigenvalue weighted by atomic mass is 10.0. The van der Waals surface area contributed by atoms with Gasteiger partial charge in [0.25, 0.3) is 11.6 Å². The van der Waals surface area contributed by atoms with Crippen LogP contribution >= 0.6 is 0 Å². The zero-order valence-electron chi connectivity index (χ0n) is 16.1. The van der Waals surface area contributed by atoms with E-state index in [1.807, 2.05) is 30.3 Å². The number of para-hydroxylation sites is 1. The van der Waals surface area contributed by atoms with Crippen LogP contribution in [0.2, 0.25) is 0 Å². The number of nitro benzene ring substituents is 1. The molecule has 8 heteroatoms. The molecule has 8 nitrogen and oxygen atoms in total. The van der Waals surface area contributed by atoms with E-state index < -0.39 is 22.5 Å². The average Bonchev–Trinajstić information content (AvgIpc) is 2.76. The Morgan fingerprint density at radius 2 is 1.80 bits per heavy atom. The van der Waals surface area contributed by atoms with Crippen molar-refractivity contribution in [3.8, 4) is 11.5 Å². The molecule has 0 fully saturated rings. The number of anilines is 1. The minimum Gasteiger partial charge on any atom is -0.865 e. The van der Waals surface area contributed by atoms with E-state index in [4.69, 9.17) is 4.74 Å². The van der Waals surface area contributed by atoms with Crippen molar-refractivity contribution in [2.24, 2.45) is 0 Å². The largest absolute Gasteiger partial charge is 0.865 e. The van der Waals surface area contributed by atoms with Gasteiger partial charge in [-0.3, -0.25) is 14.9 Å². The Kier molecular flexibility index (Phi) is 4.97. The maximum absolute atomic E-state index is 13.3. The fourth-order valence-corrected chi connectivity index (χ4v) is 3.55. The quantitative estimate of drug-likeness (QED) is 0.516. The van der Waals surface area contributed by atoms with E-state index in [1.165, 1.54) is 19.2 Å². The van der Waals surface area contributed by atoms with Gasteiger partial charge in [-0.15, -0.1) is 0 Å². The molecule has 0 aliphatic carbocycles. The van der Waals surface area contributed by atoms with Gasteiger partial charge in [0.1, 0.15) is 11.9 Å². The molecule has 30 heavy (non-hydrogen) atoms. The lowest BCUT2D eigenvalue weighted by Crippen LogP contribution is -2.42. The summed E-state index contributed by atoms with van der Waals surface area (Å²) in [6, 6.07) is 19.1. The SMILES string of the molecule is COc1cc([C@H]2Nc3ccccc3C(=O)N2Cc2ccccc2)cc([N+](=O)[O-])c1[O-]. The average molecular weight is 404 g/mol. The second-order valence-electron chi connectivity index (χ2n) is 6.84. The van der Waals surface area contributed by atoms with Crippen LogP contribution in [-0.4, -0.2) is 22.8 Å². The number of nitro groups is 1. The van der Waals surface area contributed by atoms with Gasteiger partial charge < -0.3 is 20.1 Å². The number of fused-ring (bicyclic) bond motifs is 1. The molecule has 0 saturated carbocycles. The Hall–Kier alpha value is -4.07. The Bertz CT molecular complexity index is 1120. The molecule has 0 saturated heterocycles. The molecule has 0 aromatic heterocycles. The normalized spacial score (nSPS) is 15.3. The number of nitrogens with one attached hydrogen (secondary N) is 1. The van der Waals surface area contributed by atoms with E-state index in [9.17, 15) is 20.0 Å². The third-order valence-electron chi connectivity index (χ3n) is 5.01. The van der Waals surface area contributed by atoms with Crippen molar-refractivity contribution in [1.29, 1.82) is 0 Å². The molecule has 0 unspecified atom stereocenters. The van der Waals surface area contributed by atoms with E-state index in [0.717, 1.165) is 5.56 Å². The predicted octanol–water partition coefficient (Wildman–Crippen LogP) is 3.44. The summed E-state index contributed by atoms with van der Waals surface area (Å²) in [7, 11) is 1.28. The highest BCUT2D eigenvalue weighted by Crippen LogP contribution is 2.40. The third-order valence-corrected chi connectivity index (χ3v) is 5.01. The summed E-state index contributed by atoms with van der Waals surface area (Å²) >= 11 is 0. The molecule has 1 N–H and O–H groups in total. The van der Waals surface area contributed by atoms with Gasteiger partial charge in [0.2, 0.25) is 0 Å². The second-order valence-corrected chi connectivity index (χ2v) is 6.84. The van der Waals surface area contributed by atoms with Crippen molar-refractivity contribution in [1.82, 2.24) is 4.90 Å². The maximum Gasteiger partial charge on any atom is 0.265 e. The first kappa shape index (κ1) is 19.3. The third kappa shape index (κ3) is 3.39. The molecule has 0 spiro atoms. The maximum atomic E-state index is 13.3. The molecule has 3 aromatic carbocycles. The van der Waals surface area contributed by atoms with Crippen LogP contribution in [0.5, 0.6) is 11.5 Å². The van der Waals surface area contributed by atoms with E-state index >= 15 is 0 Å². The molecular weight excluding hydrogens is 386 g/mol. The Morgan fingerprint density at radius 3 is 2.50 bits per heavy atom. The van der Waals surface area contributed by atoms with Gasteiger partial charge in [0, 0.05) is 29.6 Å². The molecule has 1 aliphatic rings. The lowest BCUT2D eigenvalue weighted by Gasteiger charge is -2.38. The van der Waals surface area contributed by atoms with Crippen molar-refractivity contribution >= 4 is 17.3 Å². The highest BCUT2D eigenvalue weighted by atomic mass is 16.6. The van der Waals surface area contributed by atoms with Crippen LogP contribution in [0.15, 0.2) is 66.7 Å². The van der Waals surface area contributed by atoms with Crippen LogP contribution in [0, 0.1) is 10.1 Å². The Labute approximate surface area is 172 Å². The summed E-state index contributed by atoms with van der Waals surface area (Å²) in [6.45, 7) is 0.279. The highest BCUT2D eigenvalue weighted by molar-refractivity contribution is 6.01. The lowest BCUT2D eigenvalue weighted by molar-refractivity contribution is -0.398. The minimum atomic E-state index is -0.802. The van der Waals surface area contributed by atoms with Crippen molar-refractivity contribution in [2.75, 3.05) is 12.4 Å². The van der Waals surface area contributed by atoms with E-state index in [1.54, 1.807) is 29.2 Å². The van der Waals surface area contributed by atoms with Gasteiger partial charge in [-0.2, -0.15) is 0 Å². The zero-order chi connectivity index (χ0) is 21.3. The topological polar surface area (TPSA) is 108 Å². The van der Waals surface area contributed by atoms with Gasteiger partial charge in [0.05, 0.1) is 17.6 Å². The number of hydrogen-bond acceptors (Lipinski definition) is 6. The summed E-state index contributed by atoms with van der Waals surface area (Å²) < 4.78 is 5.07. The number of benzene rings is 3. The van der Waals surface area contributed by atoms with Crippen molar-refractivity contribution < 1.29 is 19.6 Å². The fourth-order valence-electron chi connectivity index (χ4n) is 3.55. The first-order valence-electron chi connectivity index (χ1n) is 9.23. The van der Waals surface area contributed by atoms with Crippen LogP contribution in [0.1, 0.15) is 27.7 Å². The van der Waals surface area contributed by atoms with Crippen molar-refractivity contribution in [3.05, 3.63) is 93.5 Å². The molecule has 152 valence electrons. The number of amides is 1. The Morgan fingerprint density at radius 1 is 1.10 bits per heavy atom. The molecule has 4 rings (SSSR count). The molecule has 0 radical (unpaired) electrons. The van der Waals surface area contributed by atoms with Gasteiger partial charge in [0.15, 0.2) is 0 Å². The first-order chi connectivity index (χ1) is 14.5. The molecular formula is C22H18N3O5-. The Balaban J connectivity index is 1.84. The first-order valence-corrected chi connectivity index (χ1v) is 9.23. The van der Waals surface area contributed by atoms with E-state index in [0.29, 0.717) is 16.8 Å². The van der Waals surface area contributed by atoms with Crippen LogP contribution in [0.3, 0.4) is 0 Å². The molecule has 1 heterocycles. The van der Waals surface area contributed by atoms with Gasteiger partial charge in [-0.1, -0.05) is 42.5 Å². The molecule has 1 atom stereocenters. The monoisotopic (exact) mass is 404 g/mol. The van der Waals surface area contributed by atoms with Crippen LogP contribution in [0.4, 0.5) is 11.4 Å². The summed E-state index contributed by atoms with van der Waals surface area (Å²) in [5.74, 6) is -1.17. The number of carbonyl (C=O) groups excluding carboxylic acids is 1. The number of nitrogens with zero attached hydrogens (tertiary/aromatic N) is 2. The standard InChI is InChI=1S/C22H19N3O5/c1-30-19-12-15(11-18(20(19)26)25(28)29)21-23-17-10-6-5-9-16(17)22(27)24(21)13-14-7-3-2-4-8-14/h2-12,21,23,26H,13H2,1H3/p-1/t21-/m0/s1. The molecule has 3 aromatic rings. The zero-order valence-corrected chi connectivity index (χ0v) is 16.1. The number of methoxy groups -OCH3 is 1. The molecule has 1 aliphatic heterocycles. The second kappa shape index (κ2) is 7.75. The van der Waals surface area contributed by atoms with E-state index in [2.05, 4.69) is 5.32 Å². The molecule has 1 amide bonds. The number of carbonyl (C=O) groups is 1. The van der Waals surface area contributed by atoms with E-state index in [-0.39, 0.29) is 18.2 Å². The number of ether oxygens (including phenoxy) is 1. The predicted molar refractivity (Wildman–Crippen MR) is 108 cm³/mol. The van der Waals surface area contributed by atoms with Gasteiger partial charge in [-0.05, 0) is 23.8 Å². The number of hydrogen-bond donors (Lipinski definition) is 1. The smallest absolute Gasteiger partial charge is 0.265 e. The van der Waals surface area contributed by atoms with Gasteiger partial charge >= 0.3 is 0 Å². The summed E-state index contributed by atoms with van der Waals surface area (Å²) in [4.78, 5) is 25.6. The van der Waals surface area contributed by atoms with Gasteiger partial charge in [-0.25, -0.2) is 0 Å². The summed E-state index contributed by atoms with van der Waals surface area (Å²) in [5.41, 5.74) is 1.81. The number of rotatable bonds is 5. The summed E-state index contributed by atoms with van der Waals surface area (Å²) in [5, 5.41) is 26.9. The van der Waals surface area contributed by atoms with Crippen LogP contribution in [-0.2, 0) is 6.54 Å². The van der Waals surface area contributed by atoms with Crippen LogP contribution < -0.4 is 15.2 Å². The minimum absolute atomic E-state index is 0.146. The van der Waals surface area contributed by atoms with Crippen molar-refractivity contribution in [2.45, 2.75) is 12.7 Å². The van der Waals surface area contributed by atoms with Crippen LogP contribution in [0.25, 0.3) is 0 Å².